The third kappa shape index (κ3) is 5.70. The van der Waals surface area contributed by atoms with E-state index in [1.165, 1.54) is 0 Å². The molecule has 0 aliphatic rings. The Balaban J connectivity index is 1.55. The number of nitrogens with one attached hydrogen (secondary N) is 2. The van der Waals surface area contributed by atoms with Crippen molar-refractivity contribution < 1.29 is 9.59 Å². The van der Waals surface area contributed by atoms with Gasteiger partial charge in [0.15, 0.2) is 0 Å². The van der Waals surface area contributed by atoms with E-state index in [-0.39, 0.29) is 11.8 Å². The molecule has 1 atom stereocenters. The Morgan fingerprint density at radius 1 is 0.912 bits per heavy atom. The molecule has 0 spiro atoms. The van der Waals surface area contributed by atoms with E-state index >= 15 is 0 Å². The Morgan fingerprint density at radius 3 is 2.50 bits per heavy atom. The molecule has 0 saturated heterocycles. The van der Waals surface area contributed by atoms with Crippen LogP contribution in [-0.2, 0) is 22.6 Å². The van der Waals surface area contributed by atoms with Crippen LogP contribution < -0.4 is 10.6 Å². The molecule has 0 aliphatic heterocycles. The number of rotatable bonds is 10. The molecule has 1 amide bonds. The molecule has 0 radical (unpaired) electrons. The zero-order valence-corrected chi connectivity index (χ0v) is 19.5. The van der Waals surface area contributed by atoms with Crippen LogP contribution >= 0.6 is 0 Å². The van der Waals surface area contributed by atoms with Crippen molar-refractivity contribution >= 4 is 34.3 Å². The first-order valence-corrected chi connectivity index (χ1v) is 11.8. The van der Waals surface area contributed by atoms with Crippen molar-refractivity contribution in [1.82, 2.24) is 0 Å². The molecule has 0 saturated carbocycles. The van der Waals surface area contributed by atoms with Crippen molar-refractivity contribution in [3.63, 3.8) is 0 Å². The lowest BCUT2D eigenvalue weighted by Gasteiger charge is -2.18. The van der Waals surface area contributed by atoms with Crippen LogP contribution in [-0.4, -0.2) is 12.2 Å². The standard InChI is InChI=1S/C30H30N2O2/c1-22(27-16-9-12-24-10-5-6-15-28(24)27)30(34)32-29-20-23(17-18-25(29)11-7-8-19-33)21-31-26-13-3-2-4-14-26/h2-6,9-10,12-20,22,31H,7-8,11,21H2,1H3,(H,32,34). The van der Waals surface area contributed by atoms with Gasteiger partial charge in [0.1, 0.15) is 6.29 Å². The predicted molar refractivity (Wildman–Crippen MR) is 140 cm³/mol. The first-order chi connectivity index (χ1) is 16.7. The van der Waals surface area contributed by atoms with E-state index < -0.39 is 0 Å². The Bertz CT molecular complexity index is 1260. The SMILES string of the molecule is CC(C(=O)Nc1cc(CNc2ccccc2)ccc1CCCC=O)c1cccc2ccccc12. The van der Waals surface area contributed by atoms with Crippen molar-refractivity contribution in [2.75, 3.05) is 10.6 Å². The topological polar surface area (TPSA) is 58.2 Å². The highest BCUT2D eigenvalue weighted by molar-refractivity contribution is 5.99. The molecule has 1 unspecified atom stereocenters. The molecule has 4 heteroatoms. The van der Waals surface area contributed by atoms with Gasteiger partial charge in [-0.1, -0.05) is 72.8 Å². The zero-order valence-electron chi connectivity index (χ0n) is 19.5. The quantitative estimate of drug-likeness (QED) is 0.208. The van der Waals surface area contributed by atoms with Crippen LogP contribution in [0.15, 0.2) is 91.0 Å². The van der Waals surface area contributed by atoms with Crippen molar-refractivity contribution in [2.45, 2.75) is 38.6 Å². The van der Waals surface area contributed by atoms with Crippen LogP contribution in [0.1, 0.15) is 42.4 Å². The summed E-state index contributed by atoms with van der Waals surface area (Å²) in [5.74, 6) is -0.346. The summed E-state index contributed by atoms with van der Waals surface area (Å²) in [5, 5.41) is 8.83. The summed E-state index contributed by atoms with van der Waals surface area (Å²) in [6.45, 7) is 2.60. The summed E-state index contributed by atoms with van der Waals surface area (Å²) in [4.78, 5) is 24.2. The van der Waals surface area contributed by atoms with Crippen LogP contribution in [0.4, 0.5) is 11.4 Å². The van der Waals surface area contributed by atoms with Crippen LogP contribution in [0.25, 0.3) is 10.8 Å². The van der Waals surface area contributed by atoms with Crippen molar-refractivity contribution in [2.24, 2.45) is 0 Å². The maximum Gasteiger partial charge on any atom is 0.231 e. The lowest BCUT2D eigenvalue weighted by atomic mass is 9.94. The second-order valence-corrected chi connectivity index (χ2v) is 8.55. The van der Waals surface area contributed by atoms with Gasteiger partial charge in [-0.05, 0) is 65.4 Å². The molecular weight excluding hydrogens is 420 g/mol. The average molecular weight is 451 g/mol. The lowest BCUT2D eigenvalue weighted by Crippen LogP contribution is -2.20. The molecular formula is C30H30N2O2. The number of aryl methyl sites for hydroxylation is 1. The first-order valence-electron chi connectivity index (χ1n) is 11.8. The fraction of sp³-hybridized carbons (Fsp3) is 0.200. The summed E-state index contributed by atoms with van der Waals surface area (Å²) in [6, 6.07) is 30.5. The van der Waals surface area contributed by atoms with Gasteiger partial charge in [-0.25, -0.2) is 0 Å². The van der Waals surface area contributed by atoms with Gasteiger partial charge in [0.2, 0.25) is 5.91 Å². The number of amides is 1. The smallest absolute Gasteiger partial charge is 0.231 e. The fourth-order valence-corrected chi connectivity index (χ4v) is 4.21. The highest BCUT2D eigenvalue weighted by Crippen LogP contribution is 2.28. The Kier molecular flexibility index (Phi) is 7.71. The van der Waals surface area contributed by atoms with Crippen LogP contribution in [0.3, 0.4) is 0 Å². The van der Waals surface area contributed by atoms with Gasteiger partial charge in [-0.2, -0.15) is 0 Å². The van der Waals surface area contributed by atoms with Crippen LogP contribution in [0.2, 0.25) is 0 Å². The number of carbonyl (C=O) groups excluding carboxylic acids is 2. The van der Waals surface area contributed by atoms with E-state index in [0.717, 1.165) is 58.0 Å². The molecule has 2 N–H and O–H groups in total. The number of carbonyl (C=O) groups is 2. The molecule has 34 heavy (non-hydrogen) atoms. The number of hydrogen-bond acceptors (Lipinski definition) is 3. The van der Waals surface area contributed by atoms with Crippen LogP contribution in [0, 0.1) is 0 Å². The minimum atomic E-state index is -0.306. The van der Waals surface area contributed by atoms with Crippen molar-refractivity contribution in [3.05, 3.63) is 108 Å². The summed E-state index contributed by atoms with van der Waals surface area (Å²) < 4.78 is 0. The normalized spacial score (nSPS) is 11.7. The zero-order chi connectivity index (χ0) is 23.8. The monoisotopic (exact) mass is 450 g/mol. The molecule has 172 valence electrons. The third-order valence-corrected chi connectivity index (χ3v) is 6.15. The Morgan fingerprint density at radius 2 is 1.68 bits per heavy atom. The third-order valence-electron chi connectivity index (χ3n) is 6.15. The number of hydrogen-bond donors (Lipinski definition) is 2. The minimum Gasteiger partial charge on any atom is -0.381 e. The number of anilines is 2. The average Bonchev–Trinajstić information content (AvgIpc) is 2.88. The molecule has 0 aliphatic carbocycles. The Labute approximate surface area is 201 Å². The van der Waals surface area contributed by atoms with Gasteiger partial charge < -0.3 is 15.4 Å². The van der Waals surface area contributed by atoms with E-state index in [4.69, 9.17) is 0 Å². The van der Waals surface area contributed by atoms with Gasteiger partial charge in [-0.3, -0.25) is 4.79 Å². The lowest BCUT2D eigenvalue weighted by molar-refractivity contribution is -0.117. The first kappa shape index (κ1) is 23.2. The summed E-state index contributed by atoms with van der Waals surface area (Å²) in [5.41, 5.74) is 5.00. The maximum absolute atomic E-state index is 13.3. The second-order valence-electron chi connectivity index (χ2n) is 8.55. The number of para-hydroxylation sites is 1. The second kappa shape index (κ2) is 11.3. The van der Waals surface area contributed by atoms with E-state index in [9.17, 15) is 9.59 Å². The van der Waals surface area contributed by atoms with Gasteiger partial charge in [0.05, 0.1) is 5.92 Å². The molecule has 0 heterocycles. The van der Waals surface area contributed by atoms with E-state index in [1.807, 2.05) is 67.6 Å². The number of aldehydes is 1. The van der Waals surface area contributed by atoms with Crippen LogP contribution in [0.5, 0.6) is 0 Å². The van der Waals surface area contributed by atoms with Gasteiger partial charge in [-0.15, -0.1) is 0 Å². The Hall–Kier alpha value is -3.92. The molecule has 4 nitrogen and oxygen atoms in total. The summed E-state index contributed by atoms with van der Waals surface area (Å²) >= 11 is 0. The molecule has 0 fully saturated rings. The predicted octanol–water partition coefficient (Wildman–Crippen LogP) is 6.72. The summed E-state index contributed by atoms with van der Waals surface area (Å²) in [6.07, 6.45) is 2.95. The molecule has 0 aromatic heterocycles. The number of unbranched alkanes of at least 4 members (excludes halogenated alkanes) is 1. The summed E-state index contributed by atoms with van der Waals surface area (Å²) in [7, 11) is 0. The van der Waals surface area contributed by atoms with Gasteiger partial charge in [0, 0.05) is 24.3 Å². The number of fused-ring (bicyclic) bond motifs is 1. The number of benzene rings is 4. The molecule has 4 aromatic rings. The fourth-order valence-electron chi connectivity index (χ4n) is 4.21. The maximum atomic E-state index is 13.3. The minimum absolute atomic E-state index is 0.0406. The highest BCUT2D eigenvalue weighted by Gasteiger charge is 2.19. The highest BCUT2D eigenvalue weighted by atomic mass is 16.1. The largest absolute Gasteiger partial charge is 0.381 e. The van der Waals surface area contributed by atoms with Crippen molar-refractivity contribution in [1.29, 1.82) is 0 Å². The van der Waals surface area contributed by atoms with E-state index in [1.54, 1.807) is 0 Å². The van der Waals surface area contributed by atoms with E-state index in [2.05, 4.69) is 41.0 Å². The molecule has 0 bridgehead atoms. The van der Waals surface area contributed by atoms with E-state index in [0.29, 0.717) is 13.0 Å². The van der Waals surface area contributed by atoms with Gasteiger partial charge >= 0.3 is 0 Å². The van der Waals surface area contributed by atoms with Gasteiger partial charge in [0.25, 0.3) is 0 Å². The molecule has 4 aromatic carbocycles. The van der Waals surface area contributed by atoms with Crippen molar-refractivity contribution in [3.8, 4) is 0 Å². The molecule has 4 rings (SSSR count).